The molecule has 1 aromatic carbocycles. The van der Waals surface area contributed by atoms with Gasteiger partial charge in [-0.15, -0.1) is 0 Å². The van der Waals surface area contributed by atoms with Crippen molar-refractivity contribution in [1.29, 1.82) is 0 Å². The van der Waals surface area contributed by atoms with Crippen LogP contribution in [-0.4, -0.2) is 49.2 Å². The molecule has 5 nitrogen and oxygen atoms in total. The summed E-state index contributed by atoms with van der Waals surface area (Å²) in [5.74, 6) is -1.42. The Hall–Kier alpha value is -1.88. The van der Waals surface area contributed by atoms with Gasteiger partial charge in [0, 0.05) is 20.7 Å². The van der Waals surface area contributed by atoms with Crippen molar-refractivity contribution in [2.45, 2.75) is 0 Å². The molecule has 0 saturated heterocycles. The molecule has 1 N–H and O–H groups in total. The minimum absolute atomic E-state index is 0.0155. The third kappa shape index (κ3) is 3.29. The van der Waals surface area contributed by atoms with Gasteiger partial charge in [0.25, 0.3) is 5.91 Å². The van der Waals surface area contributed by atoms with Crippen molar-refractivity contribution >= 4 is 11.9 Å². The second-order valence-corrected chi connectivity index (χ2v) is 3.57. The molecule has 0 aromatic heterocycles. The van der Waals surface area contributed by atoms with Crippen LogP contribution in [0.2, 0.25) is 0 Å². The van der Waals surface area contributed by atoms with E-state index in [0.29, 0.717) is 13.2 Å². The molecule has 0 heterocycles. The fourth-order valence-electron chi connectivity index (χ4n) is 1.39. The van der Waals surface area contributed by atoms with Gasteiger partial charge in [-0.1, -0.05) is 12.1 Å². The summed E-state index contributed by atoms with van der Waals surface area (Å²) in [6, 6.07) is 6.16. The highest BCUT2D eigenvalue weighted by Gasteiger charge is 2.18. The minimum Gasteiger partial charge on any atom is -0.478 e. The molecule has 17 heavy (non-hydrogen) atoms. The molecule has 92 valence electrons. The number of carbonyl (C=O) groups is 2. The number of methoxy groups -OCH3 is 1. The Morgan fingerprint density at radius 2 is 1.88 bits per heavy atom. The summed E-state index contributed by atoms with van der Waals surface area (Å²) in [5, 5.41) is 8.98. The lowest BCUT2D eigenvalue weighted by Crippen LogP contribution is -2.31. The van der Waals surface area contributed by atoms with Crippen LogP contribution in [0.4, 0.5) is 0 Å². The zero-order chi connectivity index (χ0) is 12.8. The molecule has 0 spiro atoms. The molecule has 0 atom stereocenters. The van der Waals surface area contributed by atoms with E-state index in [4.69, 9.17) is 9.84 Å². The van der Waals surface area contributed by atoms with Crippen molar-refractivity contribution < 1.29 is 19.4 Å². The van der Waals surface area contributed by atoms with Gasteiger partial charge in [0.05, 0.1) is 17.7 Å². The van der Waals surface area contributed by atoms with Crippen molar-refractivity contribution in [2.24, 2.45) is 0 Å². The molecule has 0 radical (unpaired) electrons. The number of amides is 1. The first-order valence-electron chi connectivity index (χ1n) is 5.14. The van der Waals surface area contributed by atoms with Gasteiger partial charge in [-0.25, -0.2) is 4.79 Å². The van der Waals surface area contributed by atoms with E-state index < -0.39 is 5.97 Å². The van der Waals surface area contributed by atoms with Gasteiger partial charge < -0.3 is 14.7 Å². The van der Waals surface area contributed by atoms with Gasteiger partial charge in [-0.2, -0.15) is 0 Å². The van der Waals surface area contributed by atoms with Crippen LogP contribution in [0.15, 0.2) is 24.3 Å². The average Bonchev–Trinajstić information content (AvgIpc) is 2.34. The van der Waals surface area contributed by atoms with Crippen molar-refractivity contribution in [3.63, 3.8) is 0 Å². The zero-order valence-electron chi connectivity index (χ0n) is 9.84. The van der Waals surface area contributed by atoms with E-state index in [1.54, 1.807) is 26.3 Å². The number of ether oxygens (including phenoxy) is 1. The van der Waals surface area contributed by atoms with Crippen molar-refractivity contribution in [1.82, 2.24) is 4.90 Å². The summed E-state index contributed by atoms with van der Waals surface area (Å²) in [4.78, 5) is 24.4. The van der Waals surface area contributed by atoms with E-state index in [-0.39, 0.29) is 17.0 Å². The number of carbonyl (C=O) groups excluding carboxylic acids is 1. The third-order valence-corrected chi connectivity index (χ3v) is 2.37. The quantitative estimate of drug-likeness (QED) is 0.832. The van der Waals surface area contributed by atoms with Crippen molar-refractivity contribution in [3.05, 3.63) is 35.4 Å². The van der Waals surface area contributed by atoms with Gasteiger partial charge in [-0.3, -0.25) is 4.79 Å². The average molecular weight is 237 g/mol. The molecule has 1 rings (SSSR count). The Balaban J connectivity index is 2.92. The van der Waals surface area contributed by atoms with Crippen LogP contribution in [0.1, 0.15) is 20.7 Å². The fraction of sp³-hybridized carbons (Fsp3) is 0.333. The lowest BCUT2D eigenvalue weighted by Gasteiger charge is -2.17. The van der Waals surface area contributed by atoms with Gasteiger partial charge in [-0.05, 0) is 12.1 Å². The van der Waals surface area contributed by atoms with Crippen LogP contribution in [-0.2, 0) is 4.74 Å². The number of benzene rings is 1. The largest absolute Gasteiger partial charge is 0.478 e. The number of aromatic carboxylic acids is 1. The number of hydrogen-bond donors (Lipinski definition) is 1. The molecular formula is C12H15NO4. The summed E-state index contributed by atoms with van der Waals surface area (Å²) in [6.07, 6.45) is 0. The molecule has 0 saturated carbocycles. The highest BCUT2D eigenvalue weighted by atomic mass is 16.5. The highest BCUT2D eigenvalue weighted by Crippen LogP contribution is 2.11. The smallest absolute Gasteiger partial charge is 0.336 e. The van der Waals surface area contributed by atoms with Crippen LogP contribution in [0.3, 0.4) is 0 Å². The molecule has 0 aliphatic carbocycles. The third-order valence-electron chi connectivity index (χ3n) is 2.37. The topological polar surface area (TPSA) is 66.8 Å². The van der Waals surface area contributed by atoms with Crippen LogP contribution in [0.25, 0.3) is 0 Å². The lowest BCUT2D eigenvalue weighted by molar-refractivity contribution is 0.0673. The minimum atomic E-state index is -1.10. The SMILES string of the molecule is COCCN(C)C(=O)c1ccccc1C(=O)O. The van der Waals surface area contributed by atoms with E-state index in [0.717, 1.165) is 0 Å². The maximum atomic E-state index is 12.0. The summed E-state index contributed by atoms with van der Waals surface area (Å²) in [7, 11) is 3.16. The molecule has 0 bridgehead atoms. The Morgan fingerprint density at radius 3 is 2.41 bits per heavy atom. The van der Waals surface area contributed by atoms with E-state index >= 15 is 0 Å². The summed E-state index contributed by atoms with van der Waals surface area (Å²) in [5.41, 5.74) is 0.209. The van der Waals surface area contributed by atoms with E-state index in [9.17, 15) is 9.59 Å². The fourth-order valence-corrected chi connectivity index (χ4v) is 1.39. The second-order valence-electron chi connectivity index (χ2n) is 3.57. The monoisotopic (exact) mass is 237 g/mol. The van der Waals surface area contributed by atoms with Crippen molar-refractivity contribution in [3.8, 4) is 0 Å². The number of nitrogens with zero attached hydrogens (tertiary/aromatic N) is 1. The lowest BCUT2D eigenvalue weighted by atomic mass is 10.1. The van der Waals surface area contributed by atoms with Gasteiger partial charge in [0.1, 0.15) is 0 Å². The normalized spacial score (nSPS) is 10.0. The van der Waals surface area contributed by atoms with E-state index in [1.165, 1.54) is 17.0 Å². The molecule has 5 heteroatoms. The Labute approximate surface area is 99.6 Å². The molecule has 0 aliphatic heterocycles. The Morgan fingerprint density at radius 1 is 1.29 bits per heavy atom. The standard InChI is InChI=1S/C12H15NO4/c1-13(7-8-17-2)11(14)9-5-3-4-6-10(9)12(15)16/h3-6H,7-8H2,1-2H3,(H,15,16). The summed E-state index contributed by atoms with van der Waals surface area (Å²) in [6.45, 7) is 0.834. The molecule has 0 aliphatic rings. The predicted octanol–water partition coefficient (Wildman–Crippen LogP) is 1.10. The van der Waals surface area contributed by atoms with Crippen LogP contribution < -0.4 is 0 Å². The van der Waals surface area contributed by atoms with Gasteiger partial charge in [0.2, 0.25) is 0 Å². The molecule has 0 unspecified atom stereocenters. The first kappa shape index (κ1) is 13.2. The van der Waals surface area contributed by atoms with Crippen molar-refractivity contribution in [2.75, 3.05) is 27.3 Å². The maximum Gasteiger partial charge on any atom is 0.336 e. The number of hydrogen-bond acceptors (Lipinski definition) is 3. The molecule has 0 fully saturated rings. The van der Waals surface area contributed by atoms with Gasteiger partial charge >= 0.3 is 5.97 Å². The van der Waals surface area contributed by atoms with Crippen LogP contribution in [0, 0.1) is 0 Å². The second kappa shape index (κ2) is 6.00. The van der Waals surface area contributed by atoms with Crippen LogP contribution >= 0.6 is 0 Å². The number of rotatable bonds is 5. The highest BCUT2D eigenvalue weighted by molar-refractivity contribution is 6.04. The Bertz CT molecular complexity index is 417. The number of carboxylic acids is 1. The van der Waals surface area contributed by atoms with Crippen LogP contribution in [0.5, 0.6) is 0 Å². The first-order chi connectivity index (χ1) is 8.07. The summed E-state index contributed by atoms with van der Waals surface area (Å²) >= 11 is 0. The number of carboxylic acid groups (broad SMARTS) is 1. The van der Waals surface area contributed by atoms with E-state index in [1.807, 2.05) is 0 Å². The first-order valence-corrected chi connectivity index (χ1v) is 5.14. The van der Waals surface area contributed by atoms with E-state index in [2.05, 4.69) is 0 Å². The molecule has 1 amide bonds. The molecule has 1 aromatic rings. The number of likely N-dealkylation sites (N-methyl/N-ethyl adjacent to an activating group) is 1. The predicted molar refractivity (Wildman–Crippen MR) is 62.2 cm³/mol. The summed E-state index contributed by atoms with van der Waals surface area (Å²) < 4.78 is 4.87. The Kier molecular flexibility index (Phi) is 4.66. The molecular weight excluding hydrogens is 222 g/mol. The zero-order valence-corrected chi connectivity index (χ0v) is 9.84. The maximum absolute atomic E-state index is 12.0. The van der Waals surface area contributed by atoms with Gasteiger partial charge in [0.15, 0.2) is 0 Å².